The quantitative estimate of drug-likeness (QED) is 0.788. The molecule has 0 saturated heterocycles. The van der Waals surface area contributed by atoms with Crippen LogP contribution in [0.1, 0.15) is 19.5 Å². The maximum atomic E-state index is 11.7. The summed E-state index contributed by atoms with van der Waals surface area (Å²) in [5, 5.41) is 4.65. The highest BCUT2D eigenvalue weighted by atomic mass is 35.5. The van der Waals surface area contributed by atoms with Crippen LogP contribution in [0, 0.1) is 0 Å². The van der Waals surface area contributed by atoms with Gasteiger partial charge in [0.15, 0.2) is 5.15 Å². The van der Waals surface area contributed by atoms with E-state index in [0.717, 1.165) is 6.07 Å². The molecule has 0 aromatic carbocycles. The van der Waals surface area contributed by atoms with Gasteiger partial charge in [0.25, 0.3) is 0 Å². The van der Waals surface area contributed by atoms with E-state index >= 15 is 0 Å². The number of alkyl halides is 3. The number of halogens is 4. The number of H-pyrrole nitrogens is 1. The van der Waals surface area contributed by atoms with Gasteiger partial charge in [-0.1, -0.05) is 11.6 Å². The molecule has 1 heterocycles. The minimum atomic E-state index is -4.39. The molecule has 0 aliphatic rings. The van der Waals surface area contributed by atoms with Crippen LogP contribution in [0.25, 0.3) is 0 Å². The SMILES string of the molecule is CCOC(C)=O.FC(F)(F)c1cc(Cl)n[nH]1. The lowest BCUT2D eigenvalue weighted by Crippen LogP contribution is -2.04. The molecule has 92 valence electrons. The Labute approximate surface area is 94.7 Å². The van der Waals surface area contributed by atoms with Gasteiger partial charge < -0.3 is 4.74 Å². The summed E-state index contributed by atoms with van der Waals surface area (Å²) in [6.07, 6.45) is -4.39. The van der Waals surface area contributed by atoms with Gasteiger partial charge in [-0.15, -0.1) is 0 Å². The summed E-state index contributed by atoms with van der Waals surface area (Å²) in [4.78, 5) is 9.82. The first kappa shape index (κ1) is 14.8. The van der Waals surface area contributed by atoms with Crippen LogP contribution < -0.4 is 0 Å². The second-order valence-corrected chi connectivity index (χ2v) is 2.91. The largest absolute Gasteiger partial charge is 0.466 e. The van der Waals surface area contributed by atoms with Crippen LogP contribution in [0.5, 0.6) is 0 Å². The predicted octanol–water partition coefficient (Wildman–Crippen LogP) is 2.65. The summed E-state index contributed by atoms with van der Waals surface area (Å²) in [6, 6.07) is 0.724. The minimum Gasteiger partial charge on any atom is -0.466 e. The van der Waals surface area contributed by atoms with Crippen LogP contribution in [0.3, 0.4) is 0 Å². The molecular weight excluding hydrogens is 249 g/mol. The van der Waals surface area contributed by atoms with E-state index < -0.39 is 11.9 Å². The first-order valence-corrected chi connectivity index (χ1v) is 4.56. The summed E-state index contributed by atoms with van der Waals surface area (Å²) in [7, 11) is 0. The Hall–Kier alpha value is -1.24. The van der Waals surface area contributed by atoms with Crippen molar-refractivity contribution >= 4 is 17.6 Å². The minimum absolute atomic E-state index is 0.188. The maximum Gasteiger partial charge on any atom is 0.432 e. The van der Waals surface area contributed by atoms with Crippen molar-refractivity contribution in [1.82, 2.24) is 10.2 Å². The number of aromatic nitrogens is 2. The van der Waals surface area contributed by atoms with Gasteiger partial charge in [0.1, 0.15) is 5.69 Å². The number of aromatic amines is 1. The number of nitrogens with one attached hydrogen (secondary N) is 1. The molecule has 0 amide bonds. The third-order valence-corrected chi connectivity index (χ3v) is 1.39. The number of nitrogens with zero attached hydrogens (tertiary/aromatic N) is 1. The highest BCUT2D eigenvalue weighted by molar-refractivity contribution is 6.29. The normalized spacial score (nSPS) is 10.4. The fraction of sp³-hybridized carbons (Fsp3) is 0.500. The lowest BCUT2D eigenvalue weighted by molar-refractivity contribution is -0.141. The third kappa shape index (κ3) is 6.28. The fourth-order valence-corrected chi connectivity index (χ4v) is 0.797. The van der Waals surface area contributed by atoms with Gasteiger partial charge in [-0.3, -0.25) is 9.89 Å². The summed E-state index contributed by atoms with van der Waals surface area (Å²) in [6.45, 7) is 3.65. The van der Waals surface area contributed by atoms with Gasteiger partial charge in [-0.05, 0) is 6.92 Å². The average molecular weight is 259 g/mol. The second-order valence-electron chi connectivity index (χ2n) is 2.53. The molecule has 4 nitrogen and oxygen atoms in total. The number of ether oxygens (including phenoxy) is 1. The van der Waals surface area contributed by atoms with E-state index in [1.807, 2.05) is 0 Å². The zero-order valence-electron chi connectivity index (χ0n) is 8.56. The molecule has 1 aromatic rings. The Balaban J connectivity index is 0.000000325. The van der Waals surface area contributed by atoms with E-state index in [1.54, 1.807) is 12.0 Å². The van der Waals surface area contributed by atoms with Crippen LogP contribution in [0.4, 0.5) is 13.2 Å². The zero-order chi connectivity index (χ0) is 12.8. The van der Waals surface area contributed by atoms with Crippen LogP contribution in [-0.4, -0.2) is 22.8 Å². The lowest BCUT2D eigenvalue weighted by atomic mass is 10.4. The monoisotopic (exact) mass is 258 g/mol. The molecule has 0 unspecified atom stereocenters. The molecule has 0 radical (unpaired) electrons. The molecule has 1 N–H and O–H groups in total. The van der Waals surface area contributed by atoms with Crippen molar-refractivity contribution < 1.29 is 22.7 Å². The average Bonchev–Trinajstić information content (AvgIpc) is 2.51. The van der Waals surface area contributed by atoms with E-state index in [9.17, 15) is 18.0 Å². The molecule has 0 fully saturated rings. The number of rotatable bonds is 1. The summed E-state index contributed by atoms with van der Waals surface area (Å²) < 4.78 is 39.4. The lowest BCUT2D eigenvalue weighted by Gasteiger charge is -1.99. The van der Waals surface area contributed by atoms with Crippen LogP contribution >= 0.6 is 11.6 Å². The highest BCUT2D eigenvalue weighted by Gasteiger charge is 2.32. The molecule has 0 spiro atoms. The van der Waals surface area contributed by atoms with Crippen LogP contribution in [0.2, 0.25) is 5.15 Å². The van der Waals surface area contributed by atoms with Gasteiger partial charge >= 0.3 is 12.1 Å². The number of esters is 1. The number of carbonyl (C=O) groups is 1. The fourth-order valence-electron chi connectivity index (χ4n) is 0.646. The van der Waals surface area contributed by atoms with Crippen molar-refractivity contribution in [1.29, 1.82) is 0 Å². The molecule has 0 bridgehead atoms. The third-order valence-electron chi connectivity index (χ3n) is 1.20. The molecule has 1 aromatic heterocycles. The Morgan fingerprint density at radius 1 is 1.62 bits per heavy atom. The standard InChI is InChI=1S/C4H2ClF3N2.C4H8O2/c5-3-1-2(9-10-3)4(6,7)8;1-3-6-4(2)5/h1H,(H,9,10);3H2,1-2H3. The molecular formula is C8H10ClF3N2O2. The van der Waals surface area contributed by atoms with Crippen molar-refractivity contribution in [3.63, 3.8) is 0 Å². The smallest absolute Gasteiger partial charge is 0.432 e. The number of carbonyl (C=O) groups excluding carboxylic acids is 1. The number of hydrogen-bond donors (Lipinski definition) is 1. The Kier molecular flexibility index (Phi) is 5.87. The summed E-state index contributed by atoms with van der Waals surface area (Å²) in [5.41, 5.74) is -0.933. The molecule has 1 rings (SSSR count). The Bertz CT molecular complexity index is 338. The van der Waals surface area contributed by atoms with Gasteiger partial charge in [-0.25, -0.2) is 0 Å². The van der Waals surface area contributed by atoms with Crippen molar-refractivity contribution in [2.45, 2.75) is 20.0 Å². The van der Waals surface area contributed by atoms with E-state index in [-0.39, 0.29) is 11.1 Å². The first-order valence-electron chi connectivity index (χ1n) is 4.18. The Morgan fingerprint density at radius 2 is 2.19 bits per heavy atom. The van der Waals surface area contributed by atoms with Crippen molar-refractivity contribution in [3.8, 4) is 0 Å². The van der Waals surface area contributed by atoms with Gasteiger partial charge in [0.05, 0.1) is 6.61 Å². The van der Waals surface area contributed by atoms with E-state index in [1.165, 1.54) is 6.92 Å². The molecule has 8 heteroatoms. The molecule has 0 atom stereocenters. The Morgan fingerprint density at radius 3 is 2.31 bits per heavy atom. The van der Waals surface area contributed by atoms with Gasteiger partial charge in [0.2, 0.25) is 0 Å². The summed E-state index contributed by atoms with van der Waals surface area (Å²) >= 11 is 5.12. The predicted molar refractivity (Wildman–Crippen MR) is 50.9 cm³/mol. The topological polar surface area (TPSA) is 55.0 Å². The highest BCUT2D eigenvalue weighted by Crippen LogP contribution is 2.28. The zero-order valence-corrected chi connectivity index (χ0v) is 9.32. The van der Waals surface area contributed by atoms with E-state index in [2.05, 4.69) is 9.84 Å². The van der Waals surface area contributed by atoms with Gasteiger partial charge in [-0.2, -0.15) is 18.3 Å². The molecule has 0 aliphatic carbocycles. The van der Waals surface area contributed by atoms with Crippen LogP contribution in [0.15, 0.2) is 6.07 Å². The molecule has 0 aliphatic heterocycles. The van der Waals surface area contributed by atoms with Crippen molar-refractivity contribution in [2.75, 3.05) is 6.61 Å². The second kappa shape index (κ2) is 6.37. The van der Waals surface area contributed by atoms with E-state index in [0.29, 0.717) is 6.61 Å². The van der Waals surface area contributed by atoms with E-state index in [4.69, 9.17) is 11.6 Å². The van der Waals surface area contributed by atoms with Crippen molar-refractivity contribution in [2.24, 2.45) is 0 Å². The molecule has 0 saturated carbocycles. The summed E-state index contributed by atoms with van der Waals surface area (Å²) in [5.74, 6) is -0.211. The van der Waals surface area contributed by atoms with Crippen LogP contribution in [-0.2, 0) is 15.7 Å². The maximum absolute atomic E-state index is 11.7. The molecule has 16 heavy (non-hydrogen) atoms. The first-order chi connectivity index (χ1) is 7.27. The number of hydrogen-bond acceptors (Lipinski definition) is 3. The van der Waals surface area contributed by atoms with Gasteiger partial charge in [0, 0.05) is 13.0 Å². The van der Waals surface area contributed by atoms with Crippen molar-refractivity contribution in [3.05, 3.63) is 16.9 Å².